The highest BCUT2D eigenvalue weighted by Crippen LogP contribution is 2.11. The second kappa shape index (κ2) is 5.08. The molecule has 62 valence electrons. The Bertz CT molecular complexity index is 150. The van der Waals surface area contributed by atoms with Crippen LogP contribution in [-0.4, -0.2) is 19.3 Å². The fourth-order valence-electron chi connectivity index (χ4n) is 1.19. The molecule has 2 nitrogen and oxygen atoms in total. The lowest BCUT2D eigenvalue weighted by molar-refractivity contribution is 0.565. The highest BCUT2D eigenvalue weighted by molar-refractivity contribution is 5.60. The number of hydrogen-bond donors (Lipinski definition) is 1. The summed E-state index contributed by atoms with van der Waals surface area (Å²) < 4.78 is 0. The van der Waals surface area contributed by atoms with Crippen LogP contribution in [0, 0.1) is 5.92 Å². The fourth-order valence-corrected chi connectivity index (χ4v) is 1.19. The Morgan fingerprint density at radius 2 is 2.55 bits per heavy atom. The predicted octanol–water partition coefficient (Wildman–Crippen LogP) is 1.59. The van der Waals surface area contributed by atoms with Crippen LogP contribution < -0.4 is 5.32 Å². The third-order valence-corrected chi connectivity index (χ3v) is 1.90. The second-order valence-electron chi connectivity index (χ2n) is 2.81. The first-order valence-electron chi connectivity index (χ1n) is 4.32. The SMILES string of the molecule is CCNCCC1C=CN=CC1. The van der Waals surface area contributed by atoms with Gasteiger partial charge in [-0.2, -0.15) is 0 Å². The van der Waals surface area contributed by atoms with Crippen molar-refractivity contribution in [1.29, 1.82) is 0 Å². The predicted molar refractivity (Wildman–Crippen MR) is 48.9 cm³/mol. The van der Waals surface area contributed by atoms with E-state index in [1.165, 1.54) is 6.42 Å². The summed E-state index contributed by atoms with van der Waals surface area (Å²) in [6.45, 7) is 4.34. The van der Waals surface area contributed by atoms with Gasteiger partial charge in [-0.05, 0) is 31.8 Å². The van der Waals surface area contributed by atoms with Gasteiger partial charge in [0.15, 0.2) is 0 Å². The van der Waals surface area contributed by atoms with Gasteiger partial charge < -0.3 is 5.32 Å². The van der Waals surface area contributed by atoms with Crippen LogP contribution in [0.2, 0.25) is 0 Å². The van der Waals surface area contributed by atoms with Crippen LogP contribution in [0.15, 0.2) is 17.3 Å². The number of nitrogens with zero attached hydrogens (tertiary/aromatic N) is 1. The van der Waals surface area contributed by atoms with Crippen LogP contribution in [0.5, 0.6) is 0 Å². The lowest BCUT2D eigenvalue weighted by atomic mass is 10.0. The third kappa shape index (κ3) is 3.33. The molecule has 0 aliphatic carbocycles. The zero-order valence-electron chi connectivity index (χ0n) is 7.09. The zero-order chi connectivity index (χ0) is 7.94. The average Bonchev–Trinajstić information content (AvgIpc) is 2.07. The molecule has 0 fully saturated rings. The Hall–Kier alpha value is -0.630. The molecule has 2 heteroatoms. The first-order chi connectivity index (χ1) is 5.43. The molecule has 0 saturated heterocycles. The third-order valence-electron chi connectivity index (χ3n) is 1.90. The van der Waals surface area contributed by atoms with E-state index in [4.69, 9.17) is 0 Å². The number of nitrogens with one attached hydrogen (secondary N) is 1. The molecule has 0 aromatic rings. The Morgan fingerprint density at radius 3 is 3.18 bits per heavy atom. The molecule has 0 aromatic carbocycles. The second-order valence-corrected chi connectivity index (χ2v) is 2.81. The number of hydrogen-bond acceptors (Lipinski definition) is 2. The normalized spacial score (nSPS) is 22.5. The molecule has 0 saturated carbocycles. The maximum atomic E-state index is 4.03. The van der Waals surface area contributed by atoms with Crippen molar-refractivity contribution in [3.8, 4) is 0 Å². The van der Waals surface area contributed by atoms with Crippen molar-refractivity contribution in [3.63, 3.8) is 0 Å². The van der Waals surface area contributed by atoms with Crippen molar-refractivity contribution in [2.75, 3.05) is 13.1 Å². The van der Waals surface area contributed by atoms with Gasteiger partial charge in [0.1, 0.15) is 0 Å². The van der Waals surface area contributed by atoms with Crippen LogP contribution in [0.3, 0.4) is 0 Å². The lowest BCUT2D eigenvalue weighted by Gasteiger charge is -2.11. The number of aliphatic imine (C=N–C) groups is 1. The van der Waals surface area contributed by atoms with E-state index in [2.05, 4.69) is 23.3 Å². The standard InChI is InChI=1S/C9H16N2/c1-2-10-6-3-9-4-7-11-8-5-9/h4,7-10H,2-3,5-6H2,1H3. The summed E-state index contributed by atoms with van der Waals surface area (Å²) >= 11 is 0. The molecule has 0 aromatic heterocycles. The van der Waals surface area contributed by atoms with Crippen LogP contribution in [0.25, 0.3) is 0 Å². The van der Waals surface area contributed by atoms with E-state index >= 15 is 0 Å². The molecule has 1 atom stereocenters. The Kier molecular flexibility index (Phi) is 3.91. The zero-order valence-corrected chi connectivity index (χ0v) is 7.09. The van der Waals surface area contributed by atoms with Crippen molar-refractivity contribution < 1.29 is 0 Å². The summed E-state index contributed by atoms with van der Waals surface area (Å²) in [7, 11) is 0. The Balaban J connectivity index is 2.07. The van der Waals surface area contributed by atoms with Crippen molar-refractivity contribution in [2.45, 2.75) is 19.8 Å². The molecular formula is C9H16N2. The first kappa shape index (κ1) is 8.47. The van der Waals surface area contributed by atoms with Gasteiger partial charge in [-0.1, -0.05) is 13.0 Å². The topological polar surface area (TPSA) is 24.4 Å². The minimum Gasteiger partial charge on any atom is -0.317 e. The van der Waals surface area contributed by atoms with Gasteiger partial charge in [-0.15, -0.1) is 0 Å². The van der Waals surface area contributed by atoms with Crippen LogP contribution >= 0.6 is 0 Å². The van der Waals surface area contributed by atoms with Crippen LogP contribution in [0.4, 0.5) is 0 Å². The van der Waals surface area contributed by atoms with Gasteiger partial charge >= 0.3 is 0 Å². The van der Waals surface area contributed by atoms with Crippen LogP contribution in [0.1, 0.15) is 19.8 Å². The first-order valence-corrected chi connectivity index (χ1v) is 4.32. The van der Waals surface area contributed by atoms with E-state index in [1.807, 2.05) is 12.4 Å². The summed E-state index contributed by atoms with van der Waals surface area (Å²) in [6.07, 6.45) is 8.44. The van der Waals surface area contributed by atoms with Gasteiger partial charge in [0.05, 0.1) is 0 Å². The summed E-state index contributed by atoms with van der Waals surface area (Å²) in [4.78, 5) is 4.03. The molecule has 0 bridgehead atoms. The van der Waals surface area contributed by atoms with E-state index < -0.39 is 0 Å². The van der Waals surface area contributed by atoms with Gasteiger partial charge in [0.2, 0.25) is 0 Å². The van der Waals surface area contributed by atoms with E-state index in [9.17, 15) is 0 Å². The van der Waals surface area contributed by atoms with Gasteiger partial charge in [0.25, 0.3) is 0 Å². The maximum Gasteiger partial charge on any atom is 0.0226 e. The highest BCUT2D eigenvalue weighted by atomic mass is 14.8. The number of rotatable bonds is 4. The van der Waals surface area contributed by atoms with E-state index in [0.717, 1.165) is 19.5 Å². The van der Waals surface area contributed by atoms with Gasteiger partial charge in [-0.3, -0.25) is 4.99 Å². The Morgan fingerprint density at radius 1 is 1.64 bits per heavy atom. The van der Waals surface area contributed by atoms with Crippen molar-refractivity contribution in [3.05, 3.63) is 12.3 Å². The summed E-state index contributed by atoms with van der Waals surface area (Å²) in [5.41, 5.74) is 0. The molecular weight excluding hydrogens is 136 g/mol. The molecule has 1 aliphatic rings. The fraction of sp³-hybridized carbons (Fsp3) is 0.667. The minimum absolute atomic E-state index is 0.714. The Labute approximate surface area is 68.4 Å². The van der Waals surface area contributed by atoms with Crippen molar-refractivity contribution in [2.24, 2.45) is 10.9 Å². The summed E-state index contributed by atoms with van der Waals surface area (Å²) in [5, 5.41) is 3.32. The summed E-state index contributed by atoms with van der Waals surface area (Å²) in [5.74, 6) is 0.714. The molecule has 1 heterocycles. The molecule has 1 aliphatic heterocycles. The maximum absolute atomic E-state index is 4.03. The van der Waals surface area contributed by atoms with Crippen molar-refractivity contribution in [1.82, 2.24) is 5.32 Å². The lowest BCUT2D eigenvalue weighted by Crippen LogP contribution is -2.17. The van der Waals surface area contributed by atoms with E-state index in [-0.39, 0.29) is 0 Å². The molecule has 0 radical (unpaired) electrons. The molecule has 11 heavy (non-hydrogen) atoms. The van der Waals surface area contributed by atoms with Gasteiger partial charge in [-0.25, -0.2) is 0 Å². The molecule has 1 rings (SSSR count). The van der Waals surface area contributed by atoms with Crippen molar-refractivity contribution >= 4 is 6.21 Å². The largest absolute Gasteiger partial charge is 0.317 e. The van der Waals surface area contributed by atoms with Crippen LogP contribution in [-0.2, 0) is 0 Å². The monoisotopic (exact) mass is 152 g/mol. The molecule has 1 N–H and O–H groups in total. The quantitative estimate of drug-likeness (QED) is 0.608. The molecule has 0 spiro atoms. The van der Waals surface area contributed by atoms with E-state index in [0.29, 0.717) is 5.92 Å². The van der Waals surface area contributed by atoms with E-state index in [1.54, 1.807) is 0 Å². The number of allylic oxidation sites excluding steroid dienone is 1. The average molecular weight is 152 g/mol. The smallest absolute Gasteiger partial charge is 0.0226 e. The highest BCUT2D eigenvalue weighted by Gasteiger charge is 2.03. The molecule has 1 unspecified atom stereocenters. The molecule has 0 amide bonds. The van der Waals surface area contributed by atoms with Gasteiger partial charge in [0, 0.05) is 12.4 Å². The summed E-state index contributed by atoms with van der Waals surface area (Å²) in [6, 6.07) is 0. The minimum atomic E-state index is 0.714.